The van der Waals surface area contributed by atoms with Crippen LogP contribution in [-0.2, 0) is 9.59 Å². The van der Waals surface area contributed by atoms with E-state index in [0.717, 1.165) is 12.1 Å². The van der Waals surface area contributed by atoms with Crippen molar-refractivity contribution in [2.45, 2.75) is 13.3 Å². The molecule has 0 aromatic heterocycles. The van der Waals surface area contributed by atoms with Gasteiger partial charge in [0.1, 0.15) is 0 Å². The van der Waals surface area contributed by atoms with E-state index in [1.54, 1.807) is 24.3 Å². The summed E-state index contributed by atoms with van der Waals surface area (Å²) in [4.78, 5) is 45.4. The molecular formula is C19H20N6O5. The molecule has 3 amide bonds. The zero-order valence-corrected chi connectivity index (χ0v) is 16.0. The molecule has 2 rings (SSSR count). The van der Waals surface area contributed by atoms with Crippen molar-refractivity contribution >= 4 is 40.5 Å². The predicted octanol–water partition coefficient (Wildman–Crippen LogP) is 1.91. The van der Waals surface area contributed by atoms with Gasteiger partial charge in [-0.1, -0.05) is 6.58 Å². The molecule has 0 aliphatic rings. The third kappa shape index (κ3) is 6.64. The molecule has 0 bridgehead atoms. The van der Waals surface area contributed by atoms with Crippen LogP contribution in [0.4, 0.5) is 22.7 Å². The summed E-state index contributed by atoms with van der Waals surface area (Å²) in [7, 11) is 0. The number of nitrogens with two attached hydrogens (primary N) is 1. The molecule has 0 spiro atoms. The van der Waals surface area contributed by atoms with Gasteiger partial charge in [0, 0.05) is 47.4 Å². The van der Waals surface area contributed by atoms with E-state index in [1.807, 2.05) is 0 Å². The van der Waals surface area contributed by atoms with E-state index in [0.29, 0.717) is 11.4 Å². The standard InChI is InChI=1S/C19H20N6O5/c1-11(7-18(27)22-16-5-3-15(4-6-16)21-12(2)26)23-24-19(28)13-8-14(20)10-17(9-13)25(29)30/h3-6,8-10,23H,1,7,20H2,2H3,(H,21,26)(H,22,27)(H,24,28). The van der Waals surface area contributed by atoms with Crippen molar-refractivity contribution in [1.82, 2.24) is 10.9 Å². The van der Waals surface area contributed by atoms with Gasteiger partial charge in [-0.05, 0) is 30.3 Å². The van der Waals surface area contributed by atoms with Gasteiger partial charge in [-0.15, -0.1) is 0 Å². The quantitative estimate of drug-likeness (QED) is 0.250. The van der Waals surface area contributed by atoms with E-state index in [4.69, 9.17) is 5.73 Å². The highest BCUT2D eigenvalue weighted by Gasteiger charge is 2.14. The molecule has 0 saturated heterocycles. The van der Waals surface area contributed by atoms with Crippen LogP contribution in [0.2, 0.25) is 0 Å². The van der Waals surface area contributed by atoms with E-state index in [9.17, 15) is 24.5 Å². The largest absolute Gasteiger partial charge is 0.399 e. The van der Waals surface area contributed by atoms with Gasteiger partial charge in [0.2, 0.25) is 11.8 Å². The molecule has 0 aliphatic heterocycles. The number of anilines is 3. The number of non-ortho nitro benzene ring substituents is 1. The average Bonchev–Trinajstić information content (AvgIpc) is 2.66. The monoisotopic (exact) mass is 412 g/mol. The van der Waals surface area contributed by atoms with Gasteiger partial charge in [0.25, 0.3) is 11.6 Å². The lowest BCUT2D eigenvalue weighted by Gasteiger charge is -2.12. The topological polar surface area (TPSA) is 168 Å². The lowest BCUT2D eigenvalue weighted by atomic mass is 10.1. The van der Waals surface area contributed by atoms with E-state index >= 15 is 0 Å². The number of nitrogen functional groups attached to an aromatic ring is 1. The summed E-state index contributed by atoms with van der Waals surface area (Å²) in [5, 5.41) is 16.1. The number of amides is 3. The van der Waals surface area contributed by atoms with Crippen molar-refractivity contribution in [2.75, 3.05) is 16.4 Å². The van der Waals surface area contributed by atoms with Crippen molar-refractivity contribution in [3.8, 4) is 0 Å². The van der Waals surface area contributed by atoms with Gasteiger partial charge in [0.15, 0.2) is 0 Å². The van der Waals surface area contributed by atoms with Gasteiger partial charge >= 0.3 is 0 Å². The normalized spacial score (nSPS) is 9.90. The zero-order valence-electron chi connectivity index (χ0n) is 16.0. The summed E-state index contributed by atoms with van der Waals surface area (Å²) < 4.78 is 0. The van der Waals surface area contributed by atoms with E-state index in [1.165, 1.54) is 13.0 Å². The number of nitrogens with zero attached hydrogens (tertiary/aromatic N) is 1. The van der Waals surface area contributed by atoms with Crippen LogP contribution in [0.5, 0.6) is 0 Å². The molecule has 0 fully saturated rings. The number of carbonyl (C=O) groups is 3. The summed E-state index contributed by atoms with van der Waals surface area (Å²) in [6, 6.07) is 10.00. The fourth-order valence-electron chi connectivity index (χ4n) is 2.37. The van der Waals surface area contributed by atoms with Crippen molar-refractivity contribution in [2.24, 2.45) is 0 Å². The van der Waals surface area contributed by atoms with Crippen LogP contribution in [0.25, 0.3) is 0 Å². The maximum absolute atomic E-state index is 12.1. The van der Waals surface area contributed by atoms with Crippen molar-refractivity contribution in [3.63, 3.8) is 0 Å². The number of hydrazine groups is 1. The molecule has 6 N–H and O–H groups in total. The number of rotatable bonds is 8. The minimum absolute atomic E-state index is 0.0225. The average molecular weight is 412 g/mol. The van der Waals surface area contributed by atoms with Crippen LogP contribution in [0.3, 0.4) is 0 Å². The maximum Gasteiger partial charge on any atom is 0.272 e. The number of benzene rings is 2. The second kappa shape index (κ2) is 9.68. The van der Waals surface area contributed by atoms with Gasteiger partial charge in [-0.3, -0.25) is 29.9 Å². The number of hydrogen-bond acceptors (Lipinski definition) is 7. The first kappa shape index (κ1) is 21.9. The Hall–Kier alpha value is -4.41. The Morgan fingerprint density at radius 3 is 2.20 bits per heavy atom. The molecule has 0 unspecified atom stereocenters. The zero-order chi connectivity index (χ0) is 22.3. The molecule has 11 nitrogen and oxygen atoms in total. The van der Waals surface area contributed by atoms with Crippen molar-refractivity contribution in [1.29, 1.82) is 0 Å². The fraction of sp³-hybridized carbons (Fsp3) is 0.105. The molecule has 0 aliphatic carbocycles. The number of hydrogen-bond donors (Lipinski definition) is 5. The summed E-state index contributed by atoms with van der Waals surface area (Å²) in [6.45, 7) is 5.03. The summed E-state index contributed by atoms with van der Waals surface area (Å²) in [5.41, 5.74) is 11.4. The molecule has 0 heterocycles. The third-order valence-electron chi connectivity index (χ3n) is 3.63. The highest BCUT2D eigenvalue weighted by molar-refractivity contribution is 5.96. The second-order valence-electron chi connectivity index (χ2n) is 6.24. The number of carbonyl (C=O) groups excluding carboxylic acids is 3. The smallest absolute Gasteiger partial charge is 0.272 e. The molecule has 0 saturated carbocycles. The van der Waals surface area contributed by atoms with Gasteiger partial charge < -0.3 is 21.8 Å². The molecule has 156 valence electrons. The van der Waals surface area contributed by atoms with Gasteiger partial charge in [0.05, 0.1) is 11.3 Å². The molecule has 30 heavy (non-hydrogen) atoms. The summed E-state index contributed by atoms with van der Waals surface area (Å²) >= 11 is 0. The van der Waals surface area contributed by atoms with Crippen LogP contribution in [0.1, 0.15) is 23.7 Å². The van der Waals surface area contributed by atoms with E-state index in [2.05, 4.69) is 28.1 Å². The number of nitro groups is 1. The molecule has 0 atom stereocenters. The molecule has 2 aromatic carbocycles. The SMILES string of the molecule is C=C(CC(=O)Nc1ccc(NC(C)=O)cc1)NNC(=O)c1cc(N)cc([N+](=O)[O-])c1. The molecule has 2 aromatic rings. The van der Waals surface area contributed by atoms with Crippen LogP contribution >= 0.6 is 0 Å². The lowest BCUT2D eigenvalue weighted by Crippen LogP contribution is -2.37. The third-order valence-corrected chi connectivity index (χ3v) is 3.63. The maximum atomic E-state index is 12.1. The summed E-state index contributed by atoms with van der Waals surface area (Å²) in [6.07, 6.45) is -0.148. The first-order valence-corrected chi connectivity index (χ1v) is 8.60. The minimum atomic E-state index is -0.680. The molecule has 0 radical (unpaired) electrons. The Labute approximate surface area is 171 Å². The van der Waals surface area contributed by atoms with Crippen molar-refractivity contribution < 1.29 is 19.3 Å². The molecule has 11 heteroatoms. The van der Waals surface area contributed by atoms with E-state index < -0.39 is 16.7 Å². The first-order valence-electron chi connectivity index (χ1n) is 8.60. The minimum Gasteiger partial charge on any atom is -0.399 e. The fourth-order valence-corrected chi connectivity index (χ4v) is 2.37. The van der Waals surface area contributed by atoms with Gasteiger partial charge in [-0.25, -0.2) is 0 Å². The van der Waals surface area contributed by atoms with Crippen LogP contribution in [0, 0.1) is 10.1 Å². The predicted molar refractivity (Wildman–Crippen MR) is 111 cm³/mol. The van der Waals surface area contributed by atoms with Crippen LogP contribution in [-0.4, -0.2) is 22.6 Å². The second-order valence-corrected chi connectivity index (χ2v) is 6.24. The van der Waals surface area contributed by atoms with Gasteiger partial charge in [-0.2, -0.15) is 0 Å². The van der Waals surface area contributed by atoms with Crippen LogP contribution < -0.4 is 27.2 Å². The van der Waals surface area contributed by atoms with Crippen LogP contribution in [0.15, 0.2) is 54.7 Å². The highest BCUT2D eigenvalue weighted by Crippen LogP contribution is 2.18. The van der Waals surface area contributed by atoms with Crippen molar-refractivity contribution in [3.05, 3.63) is 70.4 Å². The van der Waals surface area contributed by atoms with E-state index in [-0.39, 0.29) is 35.0 Å². The first-order chi connectivity index (χ1) is 14.1. The Morgan fingerprint density at radius 2 is 1.63 bits per heavy atom. The Morgan fingerprint density at radius 1 is 1.03 bits per heavy atom. The lowest BCUT2D eigenvalue weighted by molar-refractivity contribution is -0.384. The Balaban J connectivity index is 1.85. The highest BCUT2D eigenvalue weighted by atomic mass is 16.6. The number of nitrogens with one attached hydrogen (secondary N) is 4. The Kier molecular flexibility index (Phi) is 7.06. The Bertz CT molecular complexity index is 1000. The summed E-state index contributed by atoms with van der Waals surface area (Å²) in [5.74, 6) is -1.28. The molecular weight excluding hydrogens is 392 g/mol. The number of nitro benzene ring substituents is 1.